The third-order valence-corrected chi connectivity index (χ3v) is 4.34. The molecule has 0 spiro atoms. The monoisotopic (exact) mass is 296 g/mol. The molecular weight excluding hydrogens is 268 g/mol. The maximum Gasteiger partial charge on any atom is 0.107 e. The Hall–Kier alpha value is -1.83. The molecule has 0 bridgehead atoms. The lowest BCUT2D eigenvalue weighted by Crippen LogP contribution is -2.00. The van der Waals surface area contributed by atoms with Crippen molar-refractivity contribution in [1.29, 1.82) is 0 Å². The van der Waals surface area contributed by atoms with Gasteiger partial charge in [0.05, 0.1) is 11.0 Å². The number of nitrogens with zero attached hydrogens (tertiary/aromatic N) is 2. The fraction of sp³-hybridized carbons (Fsp3) is 0.450. The first-order valence-corrected chi connectivity index (χ1v) is 8.12. The van der Waals surface area contributed by atoms with Crippen LogP contribution >= 0.6 is 0 Å². The van der Waals surface area contributed by atoms with Crippen LogP contribution in [-0.4, -0.2) is 9.55 Å². The van der Waals surface area contributed by atoms with Crippen molar-refractivity contribution >= 4 is 11.0 Å². The molecule has 2 nitrogen and oxygen atoms in total. The van der Waals surface area contributed by atoms with Gasteiger partial charge in [-0.1, -0.05) is 29.4 Å². The second kappa shape index (κ2) is 6.95. The van der Waals surface area contributed by atoms with E-state index in [2.05, 4.69) is 70.4 Å². The normalized spacial score (nSPS) is 12.0. The smallest absolute Gasteiger partial charge is 0.107 e. The van der Waals surface area contributed by atoms with E-state index in [1.165, 1.54) is 27.8 Å². The first-order valence-electron chi connectivity index (χ1n) is 8.12. The average molecular weight is 296 g/mol. The molecule has 0 saturated heterocycles. The molecule has 0 aliphatic carbocycles. The Balaban J connectivity index is 2.23. The van der Waals surface area contributed by atoms with Gasteiger partial charge in [0.15, 0.2) is 0 Å². The predicted octanol–water partition coefficient (Wildman–Crippen LogP) is 5.65. The molecule has 2 aromatic rings. The Labute approximate surface area is 134 Å². The summed E-state index contributed by atoms with van der Waals surface area (Å²) in [5.41, 5.74) is 7.91. The van der Waals surface area contributed by atoms with Crippen LogP contribution in [0.25, 0.3) is 11.0 Å². The van der Waals surface area contributed by atoms with Crippen molar-refractivity contribution in [1.82, 2.24) is 9.55 Å². The van der Waals surface area contributed by atoms with E-state index < -0.39 is 0 Å². The molecule has 1 aromatic carbocycles. The first-order chi connectivity index (χ1) is 10.4. The van der Waals surface area contributed by atoms with Crippen molar-refractivity contribution < 1.29 is 0 Å². The van der Waals surface area contributed by atoms with E-state index in [-0.39, 0.29) is 0 Å². The summed E-state index contributed by atoms with van der Waals surface area (Å²) < 4.78 is 2.34. The molecule has 0 atom stereocenters. The lowest BCUT2D eigenvalue weighted by atomic mass is 10.1. The van der Waals surface area contributed by atoms with E-state index in [1.807, 2.05) is 0 Å². The van der Waals surface area contributed by atoms with Crippen molar-refractivity contribution in [2.45, 2.75) is 60.9 Å². The lowest BCUT2D eigenvalue weighted by molar-refractivity contribution is 0.792. The third-order valence-electron chi connectivity index (χ3n) is 4.34. The lowest BCUT2D eigenvalue weighted by Gasteiger charge is -2.08. The second-order valence-corrected chi connectivity index (χ2v) is 6.52. The number of hydrogen-bond donors (Lipinski definition) is 0. The van der Waals surface area contributed by atoms with Gasteiger partial charge in [0.2, 0.25) is 0 Å². The maximum atomic E-state index is 4.70. The molecule has 1 heterocycles. The molecule has 0 aliphatic heterocycles. The zero-order valence-corrected chi connectivity index (χ0v) is 14.8. The van der Waals surface area contributed by atoms with E-state index >= 15 is 0 Å². The molecule has 0 unspecified atom stereocenters. The molecule has 118 valence electrons. The van der Waals surface area contributed by atoms with Crippen LogP contribution in [0, 0.1) is 20.8 Å². The van der Waals surface area contributed by atoms with Crippen LogP contribution in [-0.2, 0) is 6.54 Å². The number of aromatic nitrogens is 2. The summed E-state index contributed by atoms with van der Waals surface area (Å²) in [7, 11) is 0. The molecule has 0 aliphatic rings. The summed E-state index contributed by atoms with van der Waals surface area (Å²) >= 11 is 0. The van der Waals surface area contributed by atoms with Crippen LogP contribution < -0.4 is 0 Å². The van der Waals surface area contributed by atoms with Crippen LogP contribution in [0.1, 0.15) is 50.6 Å². The Kier molecular flexibility index (Phi) is 5.23. The van der Waals surface area contributed by atoms with Crippen LogP contribution in [0.3, 0.4) is 0 Å². The molecule has 0 saturated carbocycles. The molecule has 0 amide bonds. The van der Waals surface area contributed by atoms with Crippen LogP contribution in [0.15, 0.2) is 35.4 Å². The topological polar surface area (TPSA) is 17.8 Å². The van der Waals surface area contributed by atoms with Gasteiger partial charge in [-0.2, -0.15) is 0 Å². The number of imidazole rings is 1. The first kappa shape index (κ1) is 16.5. The number of aryl methyl sites for hydroxylation is 3. The second-order valence-electron chi connectivity index (χ2n) is 6.52. The van der Waals surface area contributed by atoms with Crippen molar-refractivity contribution in [2.24, 2.45) is 0 Å². The SMILES string of the molecule is CC(C)=CCC/C(C)=C/Cn1c(C)nc2ccc(C)c(C)c21. The van der Waals surface area contributed by atoms with E-state index in [9.17, 15) is 0 Å². The van der Waals surface area contributed by atoms with Gasteiger partial charge in [-0.25, -0.2) is 4.98 Å². The minimum atomic E-state index is 0.910. The van der Waals surface area contributed by atoms with Gasteiger partial charge in [-0.15, -0.1) is 0 Å². The van der Waals surface area contributed by atoms with Crippen molar-refractivity contribution in [3.63, 3.8) is 0 Å². The molecule has 1 aromatic heterocycles. The molecule has 22 heavy (non-hydrogen) atoms. The maximum absolute atomic E-state index is 4.70. The molecule has 0 radical (unpaired) electrons. The Morgan fingerprint density at radius 3 is 2.50 bits per heavy atom. The highest BCUT2D eigenvalue weighted by molar-refractivity contribution is 5.80. The zero-order valence-electron chi connectivity index (χ0n) is 14.8. The van der Waals surface area contributed by atoms with Gasteiger partial charge in [0.25, 0.3) is 0 Å². The molecular formula is C20H28N2. The Morgan fingerprint density at radius 1 is 1.09 bits per heavy atom. The Bertz CT molecular complexity index is 726. The summed E-state index contributed by atoms with van der Waals surface area (Å²) in [4.78, 5) is 4.70. The average Bonchev–Trinajstić information content (AvgIpc) is 2.77. The number of benzene rings is 1. The minimum absolute atomic E-state index is 0.910. The number of allylic oxidation sites excluding steroid dienone is 4. The van der Waals surface area contributed by atoms with E-state index in [0.29, 0.717) is 0 Å². The molecule has 0 N–H and O–H groups in total. The van der Waals surface area contributed by atoms with Crippen LogP contribution in [0.5, 0.6) is 0 Å². The summed E-state index contributed by atoms with van der Waals surface area (Å²) in [6.45, 7) is 13.9. The van der Waals surface area contributed by atoms with E-state index in [0.717, 1.165) is 30.7 Å². The van der Waals surface area contributed by atoms with Gasteiger partial charge < -0.3 is 4.57 Å². The van der Waals surface area contributed by atoms with Crippen molar-refractivity contribution in [3.8, 4) is 0 Å². The van der Waals surface area contributed by atoms with Gasteiger partial charge >= 0.3 is 0 Å². The van der Waals surface area contributed by atoms with Gasteiger partial charge in [-0.3, -0.25) is 0 Å². The summed E-state index contributed by atoms with van der Waals surface area (Å²) in [6.07, 6.45) is 6.92. The third kappa shape index (κ3) is 3.68. The van der Waals surface area contributed by atoms with Gasteiger partial charge in [0, 0.05) is 6.54 Å². The fourth-order valence-electron chi connectivity index (χ4n) is 2.78. The predicted molar refractivity (Wildman–Crippen MR) is 96.4 cm³/mol. The van der Waals surface area contributed by atoms with E-state index in [1.54, 1.807) is 0 Å². The number of fused-ring (bicyclic) bond motifs is 1. The highest BCUT2D eigenvalue weighted by atomic mass is 15.1. The van der Waals surface area contributed by atoms with Gasteiger partial charge in [0.1, 0.15) is 5.82 Å². The van der Waals surface area contributed by atoms with Crippen LogP contribution in [0.2, 0.25) is 0 Å². The highest BCUT2D eigenvalue weighted by Gasteiger charge is 2.10. The van der Waals surface area contributed by atoms with Crippen LogP contribution in [0.4, 0.5) is 0 Å². The fourth-order valence-corrected chi connectivity index (χ4v) is 2.78. The summed E-state index contributed by atoms with van der Waals surface area (Å²) in [6, 6.07) is 4.29. The van der Waals surface area contributed by atoms with Gasteiger partial charge in [-0.05, 0) is 71.6 Å². The summed E-state index contributed by atoms with van der Waals surface area (Å²) in [5.74, 6) is 1.09. The summed E-state index contributed by atoms with van der Waals surface area (Å²) in [5, 5.41) is 0. The Morgan fingerprint density at radius 2 is 1.82 bits per heavy atom. The highest BCUT2D eigenvalue weighted by Crippen LogP contribution is 2.23. The molecule has 2 rings (SSSR count). The van der Waals surface area contributed by atoms with Crippen molar-refractivity contribution in [3.05, 3.63) is 52.4 Å². The van der Waals surface area contributed by atoms with Crippen molar-refractivity contribution in [2.75, 3.05) is 0 Å². The standard InChI is InChI=1S/C20H28N2/c1-14(2)8-7-9-15(3)12-13-22-18(6)21-19-11-10-16(4)17(5)20(19)22/h8,10-12H,7,9,13H2,1-6H3/b15-12+. The quantitative estimate of drug-likeness (QED) is 0.651. The minimum Gasteiger partial charge on any atom is -0.324 e. The number of rotatable bonds is 5. The molecule has 0 fully saturated rings. The molecule has 2 heteroatoms. The van der Waals surface area contributed by atoms with E-state index in [4.69, 9.17) is 4.98 Å². The largest absolute Gasteiger partial charge is 0.324 e. The zero-order chi connectivity index (χ0) is 16.3. The number of hydrogen-bond acceptors (Lipinski definition) is 1.